The van der Waals surface area contributed by atoms with E-state index < -0.39 is 80.9 Å². The molecule has 0 aliphatic carbocycles. The zero-order valence-electron chi connectivity index (χ0n) is 27.0. The van der Waals surface area contributed by atoms with Gasteiger partial charge in [-0.25, -0.2) is 0 Å². The molecule has 0 bridgehead atoms. The molecule has 13 heteroatoms. The van der Waals surface area contributed by atoms with Gasteiger partial charge in [0, 0.05) is 59.7 Å². The molecule has 234 valence electrons. The topological polar surface area (TPSA) is 118 Å². The highest BCUT2D eigenvalue weighted by Crippen LogP contribution is 2.39. The lowest BCUT2D eigenvalue weighted by Crippen LogP contribution is -2.61. The van der Waals surface area contributed by atoms with Crippen LogP contribution >= 0.6 is 0 Å². The van der Waals surface area contributed by atoms with E-state index in [9.17, 15) is 19.5 Å². The lowest BCUT2D eigenvalue weighted by atomic mass is 9.98. The number of carbonyl (C=O) groups excluding carboxylic acids is 3. The number of rotatable bonds is 15. The first-order chi connectivity index (χ1) is 18.0. The van der Waals surface area contributed by atoms with Crippen molar-refractivity contribution in [3.8, 4) is 0 Å². The first-order valence-electron chi connectivity index (χ1n) is 14.5. The first-order valence-corrected chi connectivity index (χ1v) is 28.4. The average Bonchev–Trinajstić information content (AvgIpc) is 2.69. The lowest BCUT2D eigenvalue weighted by Gasteiger charge is -2.44. The number of aliphatic hydroxyl groups excluding tert-OH is 1. The second-order valence-electron chi connectivity index (χ2n) is 15.2. The molecule has 9 nitrogen and oxygen atoms in total. The predicted octanol–water partition coefficient (Wildman–Crippen LogP) is 4.99. The quantitative estimate of drug-likeness (QED) is 0.115. The molecule has 0 aromatic carbocycles. The van der Waals surface area contributed by atoms with Crippen LogP contribution in [-0.2, 0) is 38.1 Å². The van der Waals surface area contributed by atoms with Gasteiger partial charge in [-0.05, 0) is 6.42 Å². The molecule has 1 fully saturated rings. The summed E-state index contributed by atoms with van der Waals surface area (Å²) in [6.07, 6.45) is -4.99. The van der Waals surface area contributed by atoms with Gasteiger partial charge in [-0.15, -0.1) is 0 Å². The SMILES string of the molecule is CC(=O)OC[C@H]1O[C@@H](OCCC[Si](C[Si](C)(C)C)(C[Si](C)(C)C)C[Si](C)(C)C)[C@H](OC(C)=O)[C@@H](OC(C)=O)[C@@H]1O. The summed E-state index contributed by atoms with van der Waals surface area (Å²) in [5.41, 5.74) is 4.24. The Bertz CT molecular complexity index is 808. The summed E-state index contributed by atoms with van der Waals surface area (Å²) in [5, 5.41) is 10.9. The number of hydrogen-bond donors (Lipinski definition) is 1. The molecule has 0 amide bonds. The number of carbonyl (C=O) groups is 3. The number of hydrogen-bond acceptors (Lipinski definition) is 9. The van der Waals surface area contributed by atoms with E-state index in [1.807, 2.05) is 0 Å². The predicted molar refractivity (Wildman–Crippen MR) is 168 cm³/mol. The van der Waals surface area contributed by atoms with Crippen molar-refractivity contribution in [2.45, 2.75) is 140 Å². The van der Waals surface area contributed by atoms with E-state index in [4.69, 9.17) is 23.7 Å². The van der Waals surface area contributed by atoms with Gasteiger partial charge < -0.3 is 28.8 Å². The maximum Gasteiger partial charge on any atom is 0.303 e. The smallest absolute Gasteiger partial charge is 0.303 e. The Kier molecular flexibility index (Phi) is 14.0. The van der Waals surface area contributed by atoms with Crippen LogP contribution in [0.25, 0.3) is 0 Å². The van der Waals surface area contributed by atoms with Gasteiger partial charge in [0.1, 0.15) is 18.8 Å². The van der Waals surface area contributed by atoms with Crippen molar-refractivity contribution < 1.29 is 43.2 Å². The number of esters is 3. The van der Waals surface area contributed by atoms with Crippen molar-refractivity contribution in [1.82, 2.24) is 0 Å². The Balaban J connectivity index is 3.19. The lowest BCUT2D eigenvalue weighted by molar-refractivity contribution is -0.306. The second kappa shape index (κ2) is 15.1. The molecule has 1 heterocycles. The minimum atomic E-state index is -1.60. The van der Waals surface area contributed by atoms with E-state index in [0.29, 0.717) is 6.61 Å². The highest BCUT2D eigenvalue weighted by atomic mass is 28.4. The number of aliphatic hydroxyl groups is 1. The van der Waals surface area contributed by atoms with Crippen LogP contribution in [0.4, 0.5) is 0 Å². The zero-order valence-corrected chi connectivity index (χ0v) is 31.0. The zero-order chi connectivity index (χ0) is 31.1. The minimum Gasteiger partial charge on any atom is -0.463 e. The Morgan fingerprint density at radius 1 is 0.725 bits per heavy atom. The fraction of sp³-hybridized carbons (Fsp3) is 0.889. The fourth-order valence-corrected chi connectivity index (χ4v) is 41.4. The van der Waals surface area contributed by atoms with Gasteiger partial charge in [0.2, 0.25) is 0 Å². The van der Waals surface area contributed by atoms with Crippen molar-refractivity contribution in [2.24, 2.45) is 0 Å². The maximum absolute atomic E-state index is 11.9. The molecule has 0 aromatic heterocycles. The molecule has 1 aliphatic heterocycles. The van der Waals surface area contributed by atoms with Crippen LogP contribution in [0.15, 0.2) is 0 Å². The molecular formula is C27H56O9Si4. The molecule has 40 heavy (non-hydrogen) atoms. The van der Waals surface area contributed by atoms with Gasteiger partial charge in [0.25, 0.3) is 0 Å². The molecule has 0 unspecified atom stereocenters. The van der Waals surface area contributed by atoms with Crippen LogP contribution in [0.5, 0.6) is 0 Å². The summed E-state index contributed by atoms with van der Waals surface area (Å²) in [5.74, 6) is -1.79. The van der Waals surface area contributed by atoms with Crippen LogP contribution in [0.3, 0.4) is 0 Å². The van der Waals surface area contributed by atoms with Crippen LogP contribution in [-0.4, -0.2) is 99.2 Å². The molecule has 1 rings (SSSR count). The Hall–Kier alpha value is -0.842. The van der Waals surface area contributed by atoms with Gasteiger partial charge in [0.05, 0.1) is 0 Å². The normalized spacial score (nSPS) is 24.4. The van der Waals surface area contributed by atoms with Crippen molar-refractivity contribution in [3.05, 3.63) is 0 Å². The summed E-state index contributed by atoms with van der Waals surface area (Å²) in [6.45, 7) is 26.2. The van der Waals surface area contributed by atoms with E-state index >= 15 is 0 Å². The molecule has 0 saturated carbocycles. The van der Waals surface area contributed by atoms with Gasteiger partial charge >= 0.3 is 17.9 Å². The molecule has 5 atom stereocenters. The molecule has 1 N–H and O–H groups in total. The molecular weight excluding hydrogens is 581 g/mol. The number of ether oxygens (including phenoxy) is 5. The molecule has 0 radical (unpaired) electrons. The largest absolute Gasteiger partial charge is 0.463 e. The fourth-order valence-electron chi connectivity index (χ4n) is 6.48. The summed E-state index contributed by atoms with van der Waals surface area (Å²) in [4.78, 5) is 35.2. The standard InChI is InChI=1S/C27H56O9Si4/c1-20(28)33-16-23-24(31)25(34-21(2)29)26(35-22(3)30)27(36-23)32-14-13-15-40(17-37(4,5)6,18-38(7,8)9)19-39(10,11)12/h23-27,31H,13-19H2,1-12H3/t23-,24-,25+,26-,27-/m1/s1. The van der Waals surface area contributed by atoms with E-state index in [2.05, 4.69) is 58.9 Å². The maximum atomic E-state index is 11.9. The van der Waals surface area contributed by atoms with Crippen LogP contribution in [0, 0.1) is 0 Å². The van der Waals surface area contributed by atoms with Gasteiger partial charge in [-0.1, -0.05) is 82.0 Å². The van der Waals surface area contributed by atoms with Gasteiger partial charge in [-0.3, -0.25) is 14.4 Å². The van der Waals surface area contributed by atoms with Crippen LogP contribution < -0.4 is 0 Å². The van der Waals surface area contributed by atoms with E-state index in [1.54, 1.807) is 0 Å². The second-order valence-corrected chi connectivity index (χ2v) is 38.3. The molecule has 1 aliphatic rings. The van der Waals surface area contributed by atoms with E-state index in [-0.39, 0.29) is 6.61 Å². The van der Waals surface area contributed by atoms with Crippen LogP contribution in [0.1, 0.15) is 27.2 Å². The van der Waals surface area contributed by atoms with Gasteiger partial charge in [-0.2, -0.15) is 0 Å². The Morgan fingerprint density at radius 3 is 1.57 bits per heavy atom. The summed E-state index contributed by atoms with van der Waals surface area (Å²) in [6, 6.07) is 1.17. The Labute approximate surface area is 246 Å². The highest BCUT2D eigenvalue weighted by Gasteiger charge is 2.50. The van der Waals surface area contributed by atoms with E-state index in [1.165, 1.54) is 43.8 Å². The summed E-state index contributed by atoms with van der Waals surface area (Å²) < 4.78 is 28.0. The molecule has 0 spiro atoms. The van der Waals surface area contributed by atoms with Crippen molar-refractivity contribution in [3.63, 3.8) is 0 Å². The van der Waals surface area contributed by atoms with Crippen molar-refractivity contribution in [2.75, 3.05) is 13.2 Å². The first kappa shape index (κ1) is 37.2. The minimum absolute atomic E-state index is 0.250. The molecule has 0 aromatic rings. The third kappa shape index (κ3) is 14.4. The average molecular weight is 637 g/mol. The third-order valence-electron chi connectivity index (χ3n) is 6.52. The van der Waals surface area contributed by atoms with Gasteiger partial charge in [0.15, 0.2) is 18.5 Å². The van der Waals surface area contributed by atoms with Crippen molar-refractivity contribution in [1.29, 1.82) is 0 Å². The molecule has 1 saturated heterocycles. The van der Waals surface area contributed by atoms with Crippen LogP contribution in [0.2, 0.25) is 82.0 Å². The highest BCUT2D eigenvalue weighted by molar-refractivity contribution is 7.08. The third-order valence-corrected chi connectivity index (χ3v) is 29.7. The summed E-state index contributed by atoms with van der Waals surface area (Å²) >= 11 is 0. The summed E-state index contributed by atoms with van der Waals surface area (Å²) in [7, 11) is -5.53. The van der Waals surface area contributed by atoms with E-state index in [0.717, 1.165) is 6.42 Å². The van der Waals surface area contributed by atoms with Crippen molar-refractivity contribution >= 4 is 50.2 Å². The monoisotopic (exact) mass is 636 g/mol. The Morgan fingerprint density at radius 2 is 1.18 bits per heavy atom.